The molecule has 0 radical (unpaired) electrons. The fourth-order valence-electron chi connectivity index (χ4n) is 2.57. The Balaban J connectivity index is 1.45. The van der Waals surface area contributed by atoms with Crippen LogP contribution in [0.15, 0.2) is 54.6 Å². The monoisotopic (exact) mass is 312 g/mol. The van der Waals surface area contributed by atoms with E-state index in [1.54, 1.807) is 0 Å². The van der Waals surface area contributed by atoms with Crippen molar-refractivity contribution in [2.24, 2.45) is 5.92 Å². The molecule has 3 rings (SSSR count). The smallest absolute Gasteiger partial charge is 0.308 e. The van der Waals surface area contributed by atoms with Gasteiger partial charge in [-0.25, -0.2) is 0 Å². The van der Waals surface area contributed by atoms with Gasteiger partial charge in [0.25, 0.3) is 0 Å². The number of ether oxygens (including phenoxy) is 3. The van der Waals surface area contributed by atoms with E-state index in [-0.39, 0.29) is 18.0 Å². The zero-order valence-corrected chi connectivity index (χ0v) is 13.1. The first-order valence-corrected chi connectivity index (χ1v) is 7.76. The van der Waals surface area contributed by atoms with E-state index in [1.807, 2.05) is 54.6 Å². The lowest BCUT2D eigenvalue weighted by molar-refractivity contribution is -0.151. The molecule has 4 heteroatoms. The summed E-state index contributed by atoms with van der Waals surface area (Å²) in [5.74, 6) is 1.45. The summed E-state index contributed by atoms with van der Waals surface area (Å²) in [7, 11) is 1.42. The molecule has 0 unspecified atom stereocenters. The molecule has 2 aromatic carbocycles. The van der Waals surface area contributed by atoms with Crippen LogP contribution in [0.5, 0.6) is 11.5 Å². The summed E-state index contributed by atoms with van der Waals surface area (Å²) in [5, 5.41) is 0. The second-order valence-electron chi connectivity index (χ2n) is 5.68. The number of benzene rings is 2. The van der Waals surface area contributed by atoms with Crippen LogP contribution in [0.25, 0.3) is 0 Å². The minimum Gasteiger partial charge on any atom is -0.490 e. The van der Waals surface area contributed by atoms with Gasteiger partial charge in [-0.1, -0.05) is 30.3 Å². The Morgan fingerprint density at radius 1 is 1.00 bits per heavy atom. The van der Waals surface area contributed by atoms with Crippen LogP contribution in [0, 0.1) is 5.92 Å². The second kappa shape index (κ2) is 7.18. The maximum absolute atomic E-state index is 11.3. The zero-order valence-electron chi connectivity index (χ0n) is 13.1. The second-order valence-corrected chi connectivity index (χ2v) is 5.68. The van der Waals surface area contributed by atoms with Crippen molar-refractivity contribution in [2.45, 2.75) is 25.6 Å². The van der Waals surface area contributed by atoms with Gasteiger partial charge in [-0.05, 0) is 42.7 Å². The average molecular weight is 312 g/mol. The first kappa shape index (κ1) is 15.4. The summed E-state index contributed by atoms with van der Waals surface area (Å²) in [6, 6.07) is 17.6. The molecule has 0 heterocycles. The van der Waals surface area contributed by atoms with Crippen molar-refractivity contribution in [3.05, 3.63) is 60.2 Å². The predicted molar refractivity (Wildman–Crippen MR) is 86.4 cm³/mol. The third kappa shape index (κ3) is 4.03. The predicted octanol–water partition coefficient (Wildman–Crippen LogP) is 3.60. The van der Waals surface area contributed by atoms with Gasteiger partial charge in [0, 0.05) is 0 Å². The maximum atomic E-state index is 11.3. The van der Waals surface area contributed by atoms with Gasteiger partial charge in [0.1, 0.15) is 24.2 Å². The largest absolute Gasteiger partial charge is 0.490 e. The fourth-order valence-corrected chi connectivity index (χ4v) is 2.57. The van der Waals surface area contributed by atoms with Crippen molar-refractivity contribution in [1.29, 1.82) is 0 Å². The van der Waals surface area contributed by atoms with E-state index in [4.69, 9.17) is 14.2 Å². The molecule has 0 bridgehead atoms. The minimum atomic E-state index is -0.144. The Morgan fingerprint density at radius 2 is 1.65 bits per heavy atom. The van der Waals surface area contributed by atoms with Crippen molar-refractivity contribution in [3.63, 3.8) is 0 Å². The van der Waals surface area contributed by atoms with Gasteiger partial charge < -0.3 is 14.2 Å². The number of hydrogen-bond donors (Lipinski definition) is 0. The average Bonchev–Trinajstić information content (AvgIpc) is 2.57. The van der Waals surface area contributed by atoms with Crippen LogP contribution in [0.3, 0.4) is 0 Å². The number of methoxy groups -OCH3 is 1. The Labute approximate surface area is 136 Å². The summed E-state index contributed by atoms with van der Waals surface area (Å²) < 4.78 is 16.3. The van der Waals surface area contributed by atoms with Crippen LogP contribution in [0.1, 0.15) is 18.4 Å². The van der Waals surface area contributed by atoms with E-state index in [1.165, 1.54) is 7.11 Å². The summed E-state index contributed by atoms with van der Waals surface area (Å²) in [6.45, 7) is 0.546. The highest BCUT2D eigenvalue weighted by atomic mass is 16.5. The lowest BCUT2D eigenvalue weighted by Crippen LogP contribution is -2.38. The minimum absolute atomic E-state index is 0.0153. The molecule has 1 fully saturated rings. The number of rotatable bonds is 6. The van der Waals surface area contributed by atoms with Crippen molar-refractivity contribution < 1.29 is 19.0 Å². The molecule has 0 aliphatic heterocycles. The van der Waals surface area contributed by atoms with Crippen LogP contribution in [-0.4, -0.2) is 19.2 Å². The fraction of sp³-hybridized carbons (Fsp3) is 0.316. The third-order valence-corrected chi connectivity index (χ3v) is 4.00. The lowest BCUT2D eigenvalue weighted by Gasteiger charge is -2.33. The van der Waals surface area contributed by atoms with Crippen LogP contribution in [0.4, 0.5) is 0 Å². The van der Waals surface area contributed by atoms with Gasteiger partial charge in [0.05, 0.1) is 13.0 Å². The third-order valence-electron chi connectivity index (χ3n) is 4.00. The molecule has 0 saturated heterocycles. The zero-order chi connectivity index (χ0) is 16.1. The van der Waals surface area contributed by atoms with Gasteiger partial charge >= 0.3 is 5.97 Å². The molecule has 1 aliphatic carbocycles. The van der Waals surface area contributed by atoms with E-state index in [2.05, 4.69) is 0 Å². The van der Waals surface area contributed by atoms with Gasteiger partial charge in [0.15, 0.2) is 0 Å². The number of hydrogen-bond acceptors (Lipinski definition) is 4. The van der Waals surface area contributed by atoms with Gasteiger partial charge in [0.2, 0.25) is 0 Å². The standard InChI is InChI=1S/C19H20O4/c1-21-19(20)15-11-18(12-15)23-17-9-7-16(8-10-17)22-13-14-5-3-2-4-6-14/h2-10,15,18H,11-13H2,1H3. The normalized spacial score (nSPS) is 19.5. The molecular formula is C19H20O4. The Kier molecular flexibility index (Phi) is 4.81. The van der Waals surface area contributed by atoms with E-state index in [9.17, 15) is 4.79 Å². The number of esters is 1. The van der Waals surface area contributed by atoms with E-state index >= 15 is 0 Å². The number of carbonyl (C=O) groups is 1. The molecular weight excluding hydrogens is 292 g/mol. The quantitative estimate of drug-likeness (QED) is 0.765. The Morgan fingerprint density at radius 3 is 2.30 bits per heavy atom. The van der Waals surface area contributed by atoms with E-state index in [0.717, 1.165) is 29.9 Å². The molecule has 0 spiro atoms. The molecule has 0 N–H and O–H groups in total. The summed E-state index contributed by atoms with van der Waals surface area (Å²) in [4.78, 5) is 11.3. The molecule has 1 aliphatic rings. The molecule has 0 atom stereocenters. The molecule has 120 valence electrons. The first-order chi connectivity index (χ1) is 11.2. The molecule has 0 aromatic heterocycles. The molecule has 0 amide bonds. The first-order valence-electron chi connectivity index (χ1n) is 7.76. The Bertz CT molecular complexity index is 630. The highest BCUT2D eigenvalue weighted by Gasteiger charge is 2.36. The lowest BCUT2D eigenvalue weighted by atomic mass is 9.82. The maximum Gasteiger partial charge on any atom is 0.308 e. The summed E-state index contributed by atoms with van der Waals surface area (Å²) >= 11 is 0. The SMILES string of the molecule is COC(=O)C1CC(Oc2ccc(OCc3ccccc3)cc2)C1. The summed E-state index contributed by atoms with van der Waals surface area (Å²) in [6.07, 6.45) is 1.54. The van der Waals surface area contributed by atoms with Crippen molar-refractivity contribution in [1.82, 2.24) is 0 Å². The number of carbonyl (C=O) groups excluding carboxylic acids is 1. The highest BCUT2D eigenvalue weighted by Crippen LogP contribution is 2.32. The van der Waals surface area contributed by atoms with Gasteiger partial charge in [-0.15, -0.1) is 0 Å². The molecule has 4 nitrogen and oxygen atoms in total. The van der Waals surface area contributed by atoms with Crippen LogP contribution in [0.2, 0.25) is 0 Å². The van der Waals surface area contributed by atoms with Crippen LogP contribution in [-0.2, 0) is 16.1 Å². The van der Waals surface area contributed by atoms with Crippen molar-refractivity contribution >= 4 is 5.97 Å². The van der Waals surface area contributed by atoms with Crippen molar-refractivity contribution in [3.8, 4) is 11.5 Å². The Hall–Kier alpha value is -2.49. The topological polar surface area (TPSA) is 44.8 Å². The summed E-state index contributed by atoms with van der Waals surface area (Å²) in [5.41, 5.74) is 1.14. The van der Waals surface area contributed by atoms with Crippen molar-refractivity contribution in [2.75, 3.05) is 7.11 Å². The molecule has 2 aromatic rings. The van der Waals surface area contributed by atoms with Gasteiger partial charge in [-0.2, -0.15) is 0 Å². The molecule has 23 heavy (non-hydrogen) atoms. The van der Waals surface area contributed by atoms with Crippen LogP contribution >= 0.6 is 0 Å². The molecule has 1 saturated carbocycles. The van der Waals surface area contributed by atoms with E-state index < -0.39 is 0 Å². The van der Waals surface area contributed by atoms with E-state index in [0.29, 0.717) is 6.61 Å². The van der Waals surface area contributed by atoms with Crippen LogP contribution < -0.4 is 9.47 Å². The van der Waals surface area contributed by atoms with Gasteiger partial charge in [-0.3, -0.25) is 4.79 Å². The highest BCUT2D eigenvalue weighted by molar-refractivity contribution is 5.73.